The maximum Gasteiger partial charge on any atom is 0.310 e. The highest BCUT2D eigenvalue weighted by Crippen LogP contribution is 2.32. The second-order valence-corrected chi connectivity index (χ2v) is 4.92. The molecule has 8 heteroatoms. The number of hydrogen-bond acceptors (Lipinski definition) is 6. The molecule has 0 fully saturated rings. The molecule has 1 N–H and O–H groups in total. The van der Waals surface area contributed by atoms with Crippen molar-refractivity contribution in [3.05, 3.63) is 52.6 Å². The van der Waals surface area contributed by atoms with Gasteiger partial charge in [-0.25, -0.2) is 0 Å². The summed E-state index contributed by atoms with van der Waals surface area (Å²) in [7, 11) is 0. The van der Waals surface area contributed by atoms with Gasteiger partial charge in [0.1, 0.15) is 13.2 Å². The van der Waals surface area contributed by atoms with Crippen molar-refractivity contribution in [2.75, 3.05) is 25.1 Å². The minimum absolute atomic E-state index is 0.0415. The first-order valence-corrected chi connectivity index (χ1v) is 7.19. The van der Waals surface area contributed by atoms with E-state index in [1.54, 1.807) is 24.3 Å². The number of hydrogen-bond donors (Lipinski definition) is 1. The second kappa shape index (κ2) is 6.86. The van der Waals surface area contributed by atoms with Gasteiger partial charge in [-0.05, 0) is 18.2 Å². The number of nitrogens with one attached hydrogen (secondary N) is 1. The highest BCUT2D eigenvalue weighted by atomic mass is 16.6. The van der Waals surface area contributed by atoms with Crippen LogP contribution in [-0.2, 0) is 4.79 Å². The average Bonchev–Trinajstić information content (AvgIpc) is 2.60. The van der Waals surface area contributed by atoms with Gasteiger partial charge >= 0.3 is 5.69 Å². The van der Waals surface area contributed by atoms with E-state index in [2.05, 4.69) is 5.32 Å². The molecular formula is C16H14N2O6. The van der Waals surface area contributed by atoms with Crippen molar-refractivity contribution in [1.82, 2.24) is 0 Å². The number of benzene rings is 2. The van der Waals surface area contributed by atoms with Gasteiger partial charge in [0.2, 0.25) is 0 Å². The van der Waals surface area contributed by atoms with Crippen LogP contribution in [0.3, 0.4) is 0 Å². The average molecular weight is 330 g/mol. The maximum atomic E-state index is 12.0. The number of nitro benzene ring substituents is 1. The van der Waals surface area contributed by atoms with E-state index < -0.39 is 10.8 Å². The monoisotopic (exact) mass is 330 g/mol. The fourth-order valence-electron chi connectivity index (χ4n) is 2.19. The van der Waals surface area contributed by atoms with Gasteiger partial charge in [-0.15, -0.1) is 0 Å². The SMILES string of the molecule is O=C(COc1ccccc1[N+](=O)[O-])Nc1ccc2c(c1)OCCO2. The van der Waals surface area contributed by atoms with E-state index in [0.29, 0.717) is 30.4 Å². The Balaban J connectivity index is 1.61. The molecule has 0 saturated heterocycles. The summed E-state index contributed by atoms with van der Waals surface area (Å²) in [6.07, 6.45) is 0. The smallest absolute Gasteiger partial charge is 0.310 e. The van der Waals surface area contributed by atoms with Gasteiger partial charge in [-0.1, -0.05) is 12.1 Å². The van der Waals surface area contributed by atoms with Crippen LogP contribution in [0.4, 0.5) is 11.4 Å². The number of para-hydroxylation sites is 2. The second-order valence-electron chi connectivity index (χ2n) is 4.92. The molecule has 2 aromatic carbocycles. The molecule has 1 aliphatic rings. The molecule has 0 unspecified atom stereocenters. The zero-order valence-electron chi connectivity index (χ0n) is 12.6. The van der Waals surface area contributed by atoms with E-state index in [1.165, 1.54) is 18.2 Å². The third kappa shape index (κ3) is 3.54. The molecule has 24 heavy (non-hydrogen) atoms. The van der Waals surface area contributed by atoms with Crippen LogP contribution in [0.2, 0.25) is 0 Å². The molecule has 0 aliphatic carbocycles. The van der Waals surface area contributed by atoms with Crippen molar-refractivity contribution in [3.8, 4) is 17.2 Å². The molecule has 1 amide bonds. The minimum atomic E-state index is -0.561. The third-order valence-corrected chi connectivity index (χ3v) is 3.25. The van der Waals surface area contributed by atoms with E-state index in [9.17, 15) is 14.9 Å². The number of ether oxygens (including phenoxy) is 3. The molecule has 0 atom stereocenters. The van der Waals surface area contributed by atoms with Crippen LogP contribution in [0.5, 0.6) is 17.2 Å². The van der Waals surface area contributed by atoms with Crippen molar-refractivity contribution < 1.29 is 23.9 Å². The first-order valence-electron chi connectivity index (χ1n) is 7.19. The van der Waals surface area contributed by atoms with Crippen LogP contribution in [0.25, 0.3) is 0 Å². The predicted octanol–water partition coefficient (Wildman–Crippen LogP) is 2.38. The van der Waals surface area contributed by atoms with Crippen molar-refractivity contribution >= 4 is 17.3 Å². The summed E-state index contributed by atoms with van der Waals surface area (Å²) in [6, 6.07) is 10.9. The standard InChI is InChI=1S/C16H14N2O6/c19-16(10-24-13-4-2-1-3-12(13)18(20)21)17-11-5-6-14-15(9-11)23-8-7-22-14/h1-6,9H,7-8,10H2,(H,17,19). The van der Waals surface area contributed by atoms with Gasteiger partial charge in [-0.3, -0.25) is 14.9 Å². The predicted molar refractivity (Wildman–Crippen MR) is 84.7 cm³/mol. The number of nitro groups is 1. The molecule has 2 aromatic rings. The molecule has 0 spiro atoms. The van der Waals surface area contributed by atoms with Crippen LogP contribution >= 0.6 is 0 Å². The van der Waals surface area contributed by atoms with Crippen LogP contribution < -0.4 is 19.5 Å². The van der Waals surface area contributed by atoms with Gasteiger partial charge < -0.3 is 19.5 Å². The fraction of sp³-hybridized carbons (Fsp3) is 0.188. The Bertz CT molecular complexity index is 777. The molecule has 0 radical (unpaired) electrons. The van der Waals surface area contributed by atoms with E-state index in [0.717, 1.165) is 0 Å². The summed E-state index contributed by atoms with van der Waals surface area (Å²) in [5.74, 6) is 0.777. The lowest BCUT2D eigenvalue weighted by Crippen LogP contribution is -2.21. The molecule has 3 rings (SSSR count). The molecule has 1 aliphatic heterocycles. The Morgan fingerprint density at radius 2 is 1.92 bits per heavy atom. The number of anilines is 1. The molecular weight excluding hydrogens is 316 g/mol. The number of carbonyl (C=O) groups excluding carboxylic acids is 1. The summed E-state index contributed by atoms with van der Waals surface area (Å²) >= 11 is 0. The molecule has 1 heterocycles. The molecule has 124 valence electrons. The number of fused-ring (bicyclic) bond motifs is 1. The van der Waals surface area contributed by atoms with Gasteiger partial charge in [0.05, 0.1) is 4.92 Å². The highest BCUT2D eigenvalue weighted by molar-refractivity contribution is 5.92. The zero-order chi connectivity index (χ0) is 16.9. The maximum absolute atomic E-state index is 12.0. The summed E-state index contributed by atoms with van der Waals surface area (Å²) in [6.45, 7) is 0.590. The fourth-order valence-corrected chi connectivity index (χ4v) is 2.19. The first kappa shape index (κ1) is 15.6. The summed E-state index contributed by atoms with van der Waals surface area (Å²) in [4.78, 5) is 22.3. The van der Waals surface area contributed by atoms with Crippen molar-refractivity contribution in [3.63, 3.8) is 0 Å². The molecule has 0 bridgehead atoms. The van der Waals surface area contributed by atoms with Crippen LogP contribution in [0, 0.1) is 10.1 Å². The Morgan fingerprint density at radius 3 is 2.71 bits per heavy atom. The third-order valence-electron chi connectivity index (χ3n) is 3.25. The van der Waals surface area contributed by atoms with Crippen molar-refractivity contribution in [2.45, 2.75) is 0 Å². The van der Waals surface area contributed by atoms with E-state index in [-0.39, 0.29) is 18.0 Å². The Hall–Kier alpha value is -3.29. The van der Waals surface area contributed by atoms with Crippen LogP contribution in [0.1, 0.15) is 0 Å². The van der Waals surface area contributed by atoms with Crippen molar-refractivity contribution in [2.24, 2.45) is 0 Å². The first-order chi connectivity index (χ1) is 11.6. The van der Waals surface area contributed by atoms with Gasteiger partial charge in [0.25, 0.3) is 5.91 Å². The van der Waals surface area contributed by atoms with Crippen molar-refractivity contribution in [1.29, 1.82) is 0 Å². The Morgan fingerprint density at radius 1 is 1.17 bits per heavy atom. The summed E-state index contributed by atoms with van der Waals surface area (Å²) < 4.78 is 16.1. The van der Waals surface area contributed by atoms with E-state index >= 15 is 0 Å². The quantitative estimate of drug-likeness (QED) is 0.667. The Kier molecular flexibility index (Phi) is 4.46. The lowest BCUT2D eigenvalue weighted by Gasteiger charge is -2.19. The number of amides is 1. The normalized spacial score (nSPS) is 12.3. The Labute approximate surface area is 137 Å². The van der Waals surface area contributed by atoms with E-state index in [1.807, 2.05) is 0 Å². The van der Waals surface area contributed by atoms with Gasteiger partial charge in [-0.2, -0.15) is 0 Å². The zero-order valence-corrected chi connectivity index (χ0v) is 12.6. The topological polar surface area (TPSA) is 99.9 Å². The largest absolute Gasteiger partial charge is 0.486 e. The number of carbonyl (C=O) groups is 1. The van der Waals surface area contributed by atoms with E-state index in [4.69, 9.17) is 14.2 Å². The number of rotatable bonds is 5. The molecule has 0 aromatic heterocycles. The van der Waals surface area contributed by atoms with Crippen LogP contribution in [0.15, 0.2) is 42.5 Å². The van der Waals surface area contributed by atoms with Gasteiger partial charge in [0, 0.05) is 17.8 Å². The van der Waals surface area contributed by atoms with Gasteiger partial charge in [0.15, 0.2) is 23.9 Å². The highest BCUT2D eigenvalue weighted by Gasteiger charge is 2.16. The van der Waals surface area contributed by atoms with Crippen LogP contribution in [-0.4, -0.2) is 30.7 Å². The lowest BCUT2D eigenvalue weighted by atomic mass is 10.2. The molecule has 0 saturated carbocycles. The summed E-state index contributed by atoms with van der Waals surface area (Å²) in [5, 5.41) is 13.5. The molecule has 8 nitrogen and oxygen atoms in total. The number of nitrogens with zero attached hydrogens (tertiary/aromatic N) is 1. The minimum Gasteiger partial charge on any atom is -0.486 e. The lowest BCUT2D eigenvalue weighted by molar-refractivity contribution is -0.385. The summed E-state index contributed by atoms with van der Waals surface area (Å²) in [5.41, 5.74) is 0.333.